The van der Waals surface area contributed by atoms with Gasteiger partial charge in [-0.05, 0) is 36.8 Å². The molecule has 1 heterocycles. The number of imidazole rings is 1. The number of hydrogen-bond acceptors (Lipinski definition) is 5. The Morgan fingerprint density at radius 1 is 1.22 bits per heavy atom. The summed E-state index contributed by atoms with van der Waals surface area (Å²) in [7, 11) is 0. The van der Waals surface area contributed by atoms with Crippen molar-refractivity contribution in [1.82, 2.24) is 15.0 Å². The summed E-state index contributed by atoms with van der Waals surface area (Å²) >= 11 is 1.36. The van der Waals surface area contributed by atoms with Crippen LogP contribution in [0.4, 0.5) is 0 Å². The summed E-state index contributed by atoms with van der Waals surface area (Å²) < 4.78 is 2.07. The van der Waals surface area contributed by atoms with E-state index in [2.05, 4.69) is 20.1 Å². The fraction of sp³-hybridized carbons (Fsp3) is 0.158. The molecule has 0 atom stereocenters. The van der Waals surface area contributed by atoms with Gasteiger partial charge in [0.1, 0.15) is 0 Å². The van der Waals surface area contributed by atoms with Crippen molar-refractivity contribution in [3.63, 3.8) is 0 Å². The van der Waals surface area contributed by atoms with Crippen molar-refractivity contribution in [2.75, 3.05) is 5.75 Å². The Balaban J connectivity index is 1.56. The molecule has 1 amide bonds. The predicted molar refractivity (Wildman–Crippen MR) is 105 cm³/mol. The lowest BCUT2D eigenvalue weighted by molar-refractivity contribution is -0.118. The average molecular weight is 382 g/mol. The lowest BCUT2D eigenvalue weighted by Gasteiger charge is -2.04. The summed E-state index contributed by atoms with van der Waals surface area (Å²) in [5.41, 5.74) is 5.32. The monoisotopic (exact) mass is 382 g/mol. The minimum absolute atomic E-state index is 0.193. The number of aromatic nitrogens is 2. The SMILES string of the molecule is CCn1c(SCC(=O)NN=Cc2ccc(C(=O)O)cc2)nc2ccccc21. The van der Waals surface area contributed by atoms with Crippen LogP contribution in [0.5, 0.6) is 0 Å². The number of carboxylic acids is 1. The second-order valence-corrected chi connectivity index (χ2v) is 6.58. The molecule has 0 saturated carbocycles. The summed E-state index contributed by atoms with van der Waals surface area (Å²) in [6.45, 7) is 2.81. The second-order valence-electron chi connectivity index (χ2n) is 5.64. The highest BCUT2D eigenvalue weighted by Gasteiger charge is 2.11. The minimum atomic E-state index is -0.984. The topological polar surface area (TPSA) is 96.6 Å². The molecule has 3 rings (SSSR count). The van der Waals surface area contributed by atoms with Gasteiger partial charge in [0.25, 0.3) is 5.91 Å². The van der Waals surface area contributed by atoms with Crippen LogP contribution in [0, 0.1) is 0 Å². The molecule has 0 spiro atoms. The molecule has 2 N–H and O–H groups in total. The molecular weight excluding hydrogens is 364 g/mol. The Labute approximate surface area is 160 Å². The molecule has 1 aromatic heterocycles. The molecule has 0 fully saturated rings. The molecule has 0 aliphatic heterocycles. The van der Waals surface area contributed by atoms with Crippen molar-refractivity contribution in [2.24, 2.45) is 5.10 Å². The van der Waals surface area contributed by atoms with E-state index < -0.39 is 5.97 Å². The van der Waals surface area contributed by atoms with Crippen LogP contribution in [0.15, 0.2) is 58.8 Å². The number of fused-ring (bicyclic) bond motifs is 1. The van der Waals surface area contributed by atoms with Gasteiger partial charge in [-0.1, -0.05) is 36.0 Å². The van der Waals surface area contributed by atoms with E-state index in [-0.39, 0.29) is 17.2 Å². The van der Waals surface area contributed by atoms with Crippen molar-refractivity contribution < 1.29 is 14.7 Å². The van der Waals surface area contributed by atoms with E-state index >= 15 is 0 Å². The first-order valence-corrected chi connectivity index (χ1v) is 9.30. The van der Waals surface area contributed by atoms with Gasteiger partial charge >= 0.3 is 5.97 Å². The number of thioether (sulfide) groups is 1. The normalized spacial score (nSPS) is 11.1. The number of nitrogens with zero attached hydrogens (tertiary/aromatic N) is 3. The number of carboxylic acid groups (broad SMARTS) is 1. The number of para-hydroxylation sites is 2. The van der Waals surface area contributed by atoms with E-state index in [1.165, 1.54) is 30.1 Å². The smallest absolute Gasteiger partial charge is 0.335 e. The maximum absolute atomic E-state index is 12.0. The highest BCUT2D eigenvalue weighted by molar-refractivity contribution is 7.99. The van der Waals surface area contributed by atoms with Crippen molar-refractivity contribution in [1.29, 1.82) is 0 Å². The number of carbonyl (C=O) groups excluding carboxylic acids is 1. The maximum atomic E-state index is 12.0. The van der Waals surface area contributed by atoms with Crippen LogP contribution in [-0.2, 0) is 11.3 Å². The third-order valence-electron chi connectivity index (χ3n) is 3.83. The zero-order chi connectivity index (χ0) is 19.2. The largest absolute Gasteiger partial charge is 0.478 e. The zero-order valence-electron chi connectivity index (χ0n) is 14.6. The number of hydrogen-bond donors (Lipinski definition) is 2. The number of nitrogens with one attached hydrogen (secondary N) is 1. The highest BCUT2D eigenvalue weighted by atomic mass is 32.2. The Morgan fingerprint density at radius 2 is 1.96 bits per heavy atom. The van der Waals surface area contributed by atoms with Crippen LogP contribution in [-0.4, -0.2) is 38.5 Å². The Bertz CT molecular complexity index is 996. The fourth-order valence-corrected chi connectivity index (χ4v) is 3.39. The Hall–Kier alpha value is -3.13. The van der Waals surface area contributed by atoms with Crippen LogP contribution >= 0.6 is 11.8 Å². The van der Waals surface area contributed by atoms with E-state index in [0.717, 1.165) is 22.7 Å². The number of aromatic carboxylic acids is 1. The third kappa shape index (κ3) is 4.53. The van der Waals surface area contributed by atoms with Crippen molar-refractivity contribution in [2.45, 2.75) is 18.6 Å². The molecule has 138 valence electrons. The standard InChI is InChI=1S/C19H18N4O3S/c1-2-23-16-6-4-3-5-15(16)21-19(23)27-12-17(24)22-20-11-13-7-9-14(10-8-13)18(25)26/h3-11H,2,12H2,1H3,(H,22,24)(H,25,26). The fourth-order valence-electron chi connectivity index (χ4n) is 2.52. The number of amides is 1. The van der Waals surface area contributed by atoms with Gasteiger partial charge < -0.3 is 9.67 Å². The highest BCUT2D eigenvalue weighted by Crippen LogP contribution is 2.23. The van der Waals surface area contributed by atoms with Gasteiger partial charge in [0, 0.05) is 6.54 Å². The minimum Gasteiger partial charge on any atom is -0.478 e. The molecule has 0 radical (unpaired) electrons. The van der Waals surface area contributed by atoms with Crippen molar-refractivity contribution in [3.8, 4) is 0 Å². The van der Waals surface area contributed by atoms with Gasteiger partial charge in [0.2, 0.25) is 0 Å². The molecule has 0 saturated heterocycles. The van der Waals surface area contributed by atoms with Gasteiger partial charge in [0.15, 0.2) is 5.16 Å². The quantitative estimate of drug-likeness (QED) is 0.372. The molecular formula is C19H18N4O3S. The Kier molecular flexibility index (Phi) is 5.87. The van der Waals surface area contributed by atoms with Gasteiger partial charge in [0.05, 0.1) is 28.6 Å². The number of benzene rings is 2. The van der Waals surface area contributed by atoms with Crippen molar-refractivity contribution >= 4 is 40.9 Å². The van der Waals surface area contributed by atoms with Gasteiger partial charge in [-0.2, -0.15) is 5.10 Å². The van der Waals surface area contributed by atoms with Gasteiger partial charge in [-0.25, -0.2) is 15.2 Å². The van der Waals surface area contributed by atoms with Crippen LogP contribution in [0.1, 0.15) is 22.8 Å². The van der Waals surface area contributed by atoms with Crippen LogP contribution in [0.25, 0.3) is 11.0 Å². The van der Waals surface area contributed by atoms with E-state index in [1.54, 1.807) is 12.1 Å². The van der Waals surface area contributed by atoms with Crippen LogP contribution in [0.3, 0.4) is 0 Å². The molecule has 8 heteroatoms. The molecule has 0 bridgehead atoms. The van der Waals surface area contributed by atoms with E-state index in [0.29, 0.717) is 5.56 Å². The summed E-state index contributed by atoms with van der Waals surface area (Å²) in [5.74, 6) is -1.03. The number of rotatable bonds is 7. The lowest BCUT2D eigenvalue weighted by Crippen LogP contribution is -2.20. The average Bonchev–Trinajstić information content (AvgIpc) is 3.04. The summed E-state index contributed by atoms with van der Waals surface area (Å²) in [6.07, 6.45) is 1.47. The summed E-state index contributed by atoms with van der Waals surface area (Å²) in [4.78, 5) is 27.4. The summed E-state index contributed by atoms with van der Waals surface area (Å²) in [6, 6.07) is 14.1. The molecule has 2 aromatic carbocycles. The van der Waals surface area contributed by atoms with E-state index in [1.807, 2.05) is 31.2 Å². The molecule has 0 aliphatic carbocycles. The number of aryl methyl sites for hydroxylation is 1. The molecule has 3 aromatic rings. The number of carbonyl (C=O) groups is 2. The van der Waals surface area contributed by atoms with Gasteiger partial charge in [-0.3, -0.25) is 4.79 Å². The predicted octanol–water partition coefficient (Wildman–Crippen LogP) is 3.00. The van der Waals surface area contributed by atoms with E-state index in [9.17, 15) is 9.59 Å². The molecule has 7 nitrogen and oxygen atoms in total. The van der Waals surface area contributed by atoms with Crippen LogP contribution in [0.2, 0.25) is 0 Å². The second kappa shape index (κ2) is 8.50. The zero-order valence-corrected chi connectivity index (χ0v) is 15.4. The maximum Gasteiger partial charge on any atom is 0.335 e. The first-order valence-electron chi connectivity index (χ1n) is 8.32. The summed E-state index contributed by atoms with van der Waals surface area (Å²) in [5, 5.41) is 13.6. The van der Waals surface area contributed by atoms with Crippen molar-refractivity contribution in [3.05, 3.63) is 59.7 Å². The number of hydrazone groups is 1. The first-order chi connectivity index (χ1) is 13.1. The van der Waals surface area contributed by atoms with E-state index in [4.69, 9.17) is 5.11 Å². The molecule has 0 aliphatic rings. The van der Waals surface area contributed by atoms with Crippen LogP contribution < -0.4 is 5.43 Å². The van der Waals surface area contributed by atoms with Gasteiger partial charge in [-0.15, -0.1) is 0 Å². The third-order valence-corrected chi connectivity index (χ3v) is 4.81. The lowest BCUT2D eigenvalue weighted by atomic mass is 10.1. The molecule has 0 unspecified atom stereocenters. The molecule has 27 heavy (non-hydrogen) atoms. The first kappa shape index (κ1) is 18.7. The Morgan fingerprint density at radius 3 is 2.67 bits per heavy atom.